The normalized spacial score (nSPS) is 10.4. The van der Waals surface area contributed by atoms with Crippen LogP contribution >= 0.6 is 0 Å². The lowest BCUT2D eigenvalue weighted by Gasteiger charge is -2.08. The van der Waals surface area contributed by atoms with E-state index < -0.39 is 5.91 Å². The molecule has 0 bridgehead atoms. The van der Waals surface area contributed by atoms with E-state index in [2.05, 4.69) is 20.6 Å². The molecule has 0 atom stereocenters. The first-order valence-corrected chi connectivity index (χ1v) is 8.74. The molecule has 3 rings (SSSR count). The zero-order valence-corrected chi connectivity index (χ0v) is 15.3. The number of Topliss-reactive ketones (excluding diaryl/α,β-unsaturated/α-hetero) is 1. The van der Waals surface area contributed by atoms with Crippen LogP contribution in [0.3, 0.4) is 0 Å². The van der Waals surface area contributed by atoms with Crippen molar-refractivity contribution in [1.82, 2.24) is 9.97 Å². The molecular formula is C21H19FN4O2. The topological polar surface area (TPSA) is 84.0 Å². The molecule has 0 saturated carbocycles. The molecule has 142 valence electrons. The van der Waals surface area contributed by atoms with Gasteiger partial charge in [0.2, 0.25) is 0 Å². The van der Waals surface area contributed by atoms with Crippen LogP contribution in [0.25, 0.3) is 0 Å². The molecule has 28 heavy (non-hydrogen) atoms. The Balaban J connectivity index is 1.59. The Morgan fingerprint density at radius 2 is 1.79 bits per heavy atom. The molecule has 6 nitrogen and oxygen atoms in total. The van der Waals surface area contributed by atoms with Crippen LogP contribution in [0, 0.1) is 5.82 Å². The lowest BCUT2D eigenvalue weighted by Crippen LogP contribution is -2.15. The van der Waals surface area contributed by atoms with E-state index in [4.69, 9.17) is 0 Å². The summed E-state index contributed by atoms with van der Waals surface area (Å²) >= 11 is 0. The number of benzene rings is 2. The van der Waals surface area contributed by atoms with Crippen molar-refractivity contribution in [3.63, 3.8) is 0 Å². The Kier molecular flexibility index (Phi) is 6.06. The second-order valence-corrected chi connectivity index (χ2v) is 6.14. The van der Waals surface area contributed by atoms with E-state index in [1.807, 2.05) is 0 Å². The fourth-order valence-corrected chi connectivity index (χ4v) is 2.59. The molecule has 0 aliphatic carbocycles. The number of carbonyl (C=O) groups is 2. The van der Waals surface area contributed by atoms with Crippen LogP contribution < -0.4 is 10.6 Å². The minimum Gasteiger partial charge on any atom is -0.370 e. The molecule has 1 heterocycles. The highest BCUT2D eigenvalue weighted by Crippen LogP contribution is 2.13. The van der Waals surface area contributed by atoms with E-state index in [1.165, 1.54) is 25.4 Å². The van der Waals surface area contributed by atoms with Gasteiger partial charge in [-0.15, -0.1) is 0 Å². The minimum atomic E-state index is -0.393. The van der Waals surface area contributed by atoms with Gasteiger partial charge >= 0.3 is 0 Å². The molecule has 0 aliphatic rings. The van der Waals surface area contributed by atoms with Gasteiger partial charge in [-0.1, -0.05) is 18.2 Å². The lowest BCUT2D eigenvalue weighted by atomic mass is 10.1. The van der Waals surface area contributed by atoms with Crippen molar-refractivity contribution in [2.75, 3.05) is 17.2 Å². The van der Waals surface area contributed by atoms with Crippen molar-refractivity contribution < 1.29 is 14.0 Å². The predicted octanol–water partition coefficient (Wildman–Crippen LogP) is 3.73. The van der Waals surface area contributed by atoms with Crippen LogP contribution in [-0.2, 0) is 6.42 Å². The maximum Gasteiger partial charge on any atom is 0.274 e. The van der Waals surface area contributed by atoms with E-state index in [-0.39, 0.29) is 17.3 Å². The molecule has 1 aromatic heterocycles. The van der Waals surface area contributed by atoms with Crippen molar-refractivity contribution in [3.8, 4) is 0 Å². The number of amides is 1. The average Bonchev–Trinajstić information content (AvgIpc) is 2.70. The molecule has 0 aliphatic heterocycles. The second kappa shape index (κ2) is 8.85. The van der Waals surface area contributed by atoms with Gasteiger partial charge in [-0.25, -0.2) is 14.4 Å². The van der Waals surface area contributed by atoms with Gasteiger partial charge in [0.15, 0.2) is 5.78 Å². The summed E-state index contributed by atoms with van der Waals surface area (Å²) < 4.78 is 13.6. The third-order valence-corrected chi connectivity index (χ3v) is 4.11. The highest BCUT2D eigenvalue weighted by Gasteiger charge is 2.10. The number of nitrogens with one attached hydrogen (secondary N) is 2. The van der Waals surface area contributed by atoms with E-state index in [0.717, 1.165) is 0 Å². The van der Waals surface area contributed by atoms with Crippen LogP contribution in [0.5, 0.6) is 0 Å². The molecule has 0 fully saturated rings. The van der Waals surface area contributed by atoms with Crippen molar-refractivity contribution in [2.24, 2.45) is 0 Å². The van der Waals surface area contributed by atoms with Gasteiger partial charge in [-0.05, 0) is 49.2 Å². The van der Waals surface area contributed by atoms with Gasteiger partial charge in [0.25, 0.3) is 5.91 Å². The Morgan fingerprint density at radius 1 is 1.04 bits per heavy atom. The number of rotatable bonds is 7. The summed E-state index contributed by atoms with van der Waals surface area (Å²) in [6, 6.07) is 14.7. The summed E-state index contributed by atoms with van der Waals surface area (Å²) in [6.07, 6.45) is 1.78. The van der Waals surface area contributed by atoms with Crippen molar-refractivity contribution in [2.45, 2.75) is 13.3 Å². The number of hydrogen-bond acceptors (Lipinski definition) is 5. The summed E-state index contributed by atoms with van der Waals surface area (Å²) in [5, 5.41) is 5.79. The first-order chi connectivity index (χ1) is 13.5. The first-order valence-electron chi connectivity index (χ1n) is 8.74. The first kappa shape index (κ1) is 19.2. The quantitative estimate of drug-likeness (QED) is 0.612. The fraction of sp³-hybridized carbons (Fsp3) is 0.143. The van der Waals surface area contributed by atoms with Crippen molar-refractivity contribution in [1.29, 1.82) is 0 Å². The minimum absolute atomic E-state index is 0.0419. The number of ketones is 1. The highest BCUT2D eigenvalue weighted by atomic mass is 19.1. The number of anilines is 2. The molecule has 2 N–H and O–H groups in total. The summed E-state index contributed by atoms with van der Waals surface area (Å²) in [4.78, 5) is 31.7. The molecule has 1 amide bonds. The van der Waals surface area contributed by atoms with Crippen LogP contribution in [0.2, 0.25) is 0 Å². The van der Waals surface area contributed by atoms with Gasteiger partial charge in [0, 0.05) is 23.9 Å². The zero-order valence-electron chi connectivity index (χ0n) is 15.3. The Morgan fingerprint density at radius 3 is 2.50 bits per heavy atom. The summed E-state index contributed by atoms with van der Waals surface area (Å²) in [5.41, 5.74) is 1.93. The molecule has 0 spiro atoms. The molecule has 0 saturated heterocycles. The molecule has 0 radical (unpaired) electrons. The van der Waals surface area contributed by atoms with Gasteiger partial charge < -0.3 is 10.6 Å². The van der Waals surface area contributed by atoms with Gasteiger partial charge in [-0.2, -0.15) is 0 Å². The molecular weight excluding hydrogens is 359 g/mol. The molecule has 2 aromatic carbocycles. The van der Waals surface area contributed by atoms with Gasteiger partial charge in [-0.3, -0.25) is 9.59 Å². The monoisotopic (exact) mass is 378 g/mol. The maximum atomic E-state index is 13.6. The average molecular weight is 378 g/mol. The predicted molar refractivity (Wildman–Crippen MR) is 105 cm³/mol. The van der Waals surface area contributed by atoms with Crippen molar-refractivity contribution in [3.05, 3.63) is 83.6 Å². The summed E-state index contributed by atoms with van der Waals surface area (Å²) in [6.45, 7) is 1.95. The molecule has 0 unspecified atom stereocenters. The summed E-state index contributed by atoms with van der Waals surface area (Å²) in [5.74, 6) is -0.207. The largest absolute Gasteiger partial charge is 0.370 e. The summed E-state index contributed by atoms with van der Waals surface area (Å²) in [7, 11) is 0. The van der Waals surface area contributed by atoms with Gasteiger partial charge in [0.05, 0.1) is 0 Å². The number of aromatic nitrogens is 2. The Labute approximate surface area is 161 Å². The number of halogens is 1. The van der Waals surface area contributed by atoms with Crippen LogP contribution in [0.15, 0.2) is 60.9 Å². The molecule has 7 heteroatoms. The third kappa shape index (κ3) is 4.97. The second-order valence-electron chi connectivity index (χ2n) is 6.14. The molecule has 3 aromatic rings. The van der Waals surface area contributed by atoms with Crippen LogP contribution in [0.4, 0.5) is 15.9 Å². The zero-order chi connectivity index (χ0) is 19.9. The SMILES string of the molecule is CC(=O)c1ccc(NC(=O)c2cc(NCCc3ccccc3F)ncn2)cc1. The van der Waals surface area contributed by atoms with E-state index in [0.29, 0.717) is 35.6 Å². The van der Waals surface area contributed by atoms with E-state index in [9.17, 15) is 14.0 Å². The fourth-order valence-electron chi connectivity index (χ4n) is 2.59. The van der Waals surface area contributed by atoms with Crippen LogP contribution in [-0.4, -0.2) is 28.2 Å². The van der Waals surface area contributed by atoms with Gasteiger partial charge in [0.1, 0.15) is 23.7 Å². The standard InChI is InChI=1S/C21H19FN4O2/c1-14(27)15-6-8-17(9-7-15)26-21(28)19-12-20(25-13-24-19)23-11-10-16-4-2-3-5-18(16)22/h2-9,12-13H,10-11H2,1H3,(H,26,28)(H,23,24,25). The Bertz CT molecular complexity index is 990. The Hall–Kier alpha value is -3.61. The number of hydrogen-bond donors (Lipinski definition) is 2. The number of nitrogens with zero attached hydrogens (tertiary/aromatic N) is 2. The van der Waals surface area contributed by atoms with E-state index >= 15 is 0 Å². The maximum absolute atomic E-state index is 13.6. The van der Waals surface area contributed by atoms with E-state index in [1.54, 1.807) is 42.5 Å². The van der Waals surface area contributed by atoms with Crippen LogP contribution in [0.1, 0.15) is 33.3 Å². The highest BCUT2D eigenvalue weighted by molar-refractivity contribution is 6.03. The van der Waals surface area contributed by atoms with Crippen molar-refractivity contribution >= 4 is 23.2 Å². The number of carbonyl (C=O) groups excluding carboxylic acids is 2. The smallest absolute Gasteiger partial charge is 0.274 e. The lowest BCUT2D eigenvalue weighted by molar-refractivity contribution is 0.101. The third-order valence-electron chi connectivity index (χ3n) is 4.11.